The van der Waals surface area contributed by atoms with Crippen molar-refractivity contribution in [1.82, 2.24) is 4.90 Å². The minimum absolute atomic E-state index is 0.00738. The SMILES string of the molecule is COC(=O)C[C@@H]1[C@H](CSc2ccccc2)CN2C(=O)OC[C@@H]12. The highest BCUT2D eigenvalue weighted by atomic mass is 32.2. The first-order valence-corrected chi connectivity index (χ1v) is 8.35. The zero-order chi connectivity index (χ0) is 15.5. The van der Waals surface area contributed by atoms with Gasteiger partial charge in [0.1, 0.15) is 6.61 Å². The van der Waals surface area contributed by atoms with Crippen molar-refractivity contribution in [2.75, 3.05) is 26.0 Å². The summed E-state index contributed by atoms with van der Waals surface area (Å²) < 4.78 is 9.91. The number of ether oxygens (including phenoxy) is 2. The first-order chi connectivity index (χ1) is 10.7. The van der Waals surface area contributed by atoms with Gasteiger partial charge in [0, 0.05) is 17.2 Å². The number of fused-ring (bicyclic) bond motifs is 1. The number of carbonyl (C=O) groups is 2. The van der Waals surface area contributed by atoms with E-state index in [0.717, 1.165) is 5.75 Å². The van der Waals surface area contributed by atoms with Gasteiger partial charge in [-0.05, 0) is 24.0 Å². The van der Waals surface area contributed by atoms with E-state index in [1.54, 1.807) is 16.7 Å². The quantitative estimate of drug-likeness (QED) is 0.616. The second kappa shape index (κ2) is 6.60. The van der Waals surface area contributed by atoms with Crippen LogP contribution in [0.15, 0.2) is 35.2 Å². The van der Waals surface area contributed by atoms with E-state index in [2.05, 4.69) is 12.1 Å². The van der Waals surface area contributed by atoms with Crippen molar-refractivity contribution in [3.8, 4) is 0 Å². The zero-order valence-electron chi connectivity index (χ0n) is 12.4. The van der Waals surface area contributed by atoms with Crippen LogP contribution < -0.4 is 0 Å². The van der Waals surface area contributed by atoms with Gasteiger partial charge >= 0.3 is 12.1 Å². The third-order valence-corrected chi connectivity index (χ3v) is 5.58. The van der Waals surface area contributed by atoms with Crippen LogP contribution in [0.2, 0.25) is 0 Å². The summed E-state index contributed by atoms with van der Waals surface area (Å²) in [5.74, 6) is 1.05. The van der Waals surface area contributed by atoms with Gasteiger partial charge in [0.15, 0.2) is 0 Å². The van der Waals surface area contributed by atoms with E-state index in [4.69, 9.17) is 9.47 Å². The van der Waals surface area contributed by atoms with Gasteiger partial charge in [-0.25, -0.2) is 4.79 Å². The molecule has 3 rings (SSSR count). The van der Waals surface area contributed by atoms with Crippen LogP contribution >= 0.6 is 11.8 Å². The van der Waals surface area contributed by atoms with Crippen molar-refractivity contribution in [2.24, 2.45) is 11.8 Å². The maximum Gasteiger partial charge on any atom is 0.410 e. The zero-order valence-corrected chi connectivity index (χ0v) is 13.3. The van der Waals surface area contributed by atoms with Gasteiger partial charge in [-0.3, -0.25) is 4.79 Å². The van der Waals surface area contributed by atoms with E-state index in [9.17, 15) is 9.59 Å². The second-order valence-corrected chi connectivity index (χ2v) is 6.72. The molecule has 118 valence electrons. The largest absolute Gasteiger partial charge is 0.469 e. The number of thioether (sulfide) groups is 1. The lowest BCUT2D eigenvalue weighted by Gasteiger charge is -2.20. The van der Waals surface area contributed by atoms with Gasteiger partial charge in [0.25, 0.3) is 0 Å². The van der Waals surface area contributed by atoms with E-state index in [0.29, 0.717) is 19.6 Å². The second-order valence-electron chi connectivity index (χ2n) is 5.62. The molecule has 0 radical (unpaired) electrons. The van der Waals surface area contributed by atoms with Crippen LogP contribution in [-0.4, -0.2) is 49.0 Å². The van der Waals surface area contributed by atoms with Crippen LogP contribution in [0.4, 0.5) is 4.79 Å². The molecule has 2 heterocycles. The van der Waals surface area contributed by atoms with Crippen LogP contribution in [0.5, 0.6) is 0 Å². The van der Waals surface area contributed by atoms with Crippen LogP contribution in [0.25, 0.3) is 0 Å². The predicted octanol–water partition coefficient (Wildman–Crippen LogP) is 2.41. The molecular formula is C16H19NO4S. The molecule has 5 nitrogen and oxygen atoms in total. The number of carbonyl (C=O) groups excluding carboxylic acids is 2. The molecule has 2 aliphatic rings. The molecule has 22 heavy (non-hydrogen) atoms. The third kappa shape index (κ3) is 3.06. The topological polar surface area (TPSA) is 55.8 Å². The van der Waals surface area contributed by atoms with E-state index in [1.165, 1.54) is 12.0 Å². The van der Waals surface area contributed by atoms with Gasteiger partial charge in [0.2, 0.25) is 0 Å². The molecule has 2 saturated heterocycles. The van der Waals surface area contributed by atoms with E-state index < -0.39 is 0 Å². The Hall–Kier alpha value is -1.69. The van der Waals surface area contributed by atoms with Crippen molar-refractivity contribution in [3.63, 3.8) is 0 Å². The molecule has 0 N–H and O–H groups in total. The minimum atomic E-state index is -0.257. The Morgan fingerprint density at radius 2 is 2.18 bits per heavy atom. The van der Waals surface area contributed by atoms with Crippen LogP contribution in [-0.2, 0) is 14.3 Å². The Bertz CT molecular complexity index is 550. The third-order valence-electron chi connectivity index (χ3n) is 4.38. The average Bonchev–Trinajstić information content (AvgIpc) is 3.07. The van der Waals surface area contributed by atoms with Crippen molar-refractivity contribution in [3.05, 3.63) is 30.3 Å². The molecule has 0 aromatic heterocycles. The summed E-state index contributed by atoms with van der Waals surface area (Å²) in [7, 11) is 1.40. The monoisotopic (exact) mass is 321 g/mol. The van der Waals surface area contributed by atoms with Crippen LogP contribution in [0, 0.1) is 11.8 Å². The number of rotatable bonds is 5. The molecule has 1 amide bonds. The molecule has 1 aromatic carbocycles. The summed E-state index contributed by atoms with van der Waals surface area (Å²) in [5, 5.41) is 0. The van der Waals surface area contributed by atoms with Gasteiger partial charge < -0.3 is 14.4 Å². The lowest BCUT2D eigenvalue weighted by molar-refractivity contribution is -0.142. The standard InChI is InChI=1S/C16H19NO4S/c1-20-15(18)7-13-11(8-17-14(13)9-21-16(17)19)10-22-12-5-3-2-4-6-12/h2-6,11,13-14H,7-10H2,1H3/t11-,13+,14-/m0/s1. The van der Waals surface area contributed by atoms with Gasteiger partial charge in [-0.1, -0.05) is 18.2 Å². The molecule has 0 saturated carbocycles. The average molecular weight is 321 g/mol. The summed E-state index contributed by atoms with van der Waals surface area (Å²) in [5.41, 5.74) is 0. The van der Waals surface area contributed by atoms with Gasteiger partial charge in [0.05, 0.1) is 19.6 Å². The van der Waals surface area contributed by atoms with Crippen molar-refractivity contribution >= 4 is 23.8 Å². The molecule has 1 aromatic rings. The van der Waals surface area contributed by atoms with Crippen molar-refractivity contribution < 1.29 is 19.1 Å². The van der Waals surface area contributed by atoms with Gasteiger partial charge in [-0.15, -0.1) is 11.8 Å². The number of cyclic esters (lactones) is 1. The molecule has 3 atom stereocenters. The fourth-order valence-electron chi connectivity index (χ4n) is 3.21. The van der Waals surface area contributed by atoms with E-state index in [1.807, 2.05) is 18.2 Å². The molecule has 0 aliphatic carbocycles. The maximum atomic E-state index is 11.8. The molecule has 2 aliphatic heterocycles. The minimum Gasteiger partial charge on any atom is -0.469 e. The number of benzene rings is 1. The number of amides is 1. The maximum absolute atomic E-state index is 11.8. The molecule has 0 bridgehead atoms. The summed E-state index contributed by atoms with van der Waals surface area (Å²) in [4.78, 5) is 26.4. The van der Waals surface area contributed by atoms with Crippen molar-refractivity contribution in [1.29, 1.82) is 0 Å². The highest BCUT2D eigenvalue weighted by Gasteiger charge is 2.49. The summed E-state index contributed by atoms with van der Waals surface area (Å²) >= 11 is 1.77. The summed E-state index contributed by atoms with van der Waals surface area (Å²) in [6.45, 7) is 1.04. The lowest BCUT2D eigenvalue weighted by atomic mass is 9.89. The number of nitrogens with zero attached hydrogens (tertiary/aromatic N) is 1. The molecule has 0 spiro atoms. The number of hydrogen-bond acceptors (Lipinski definition) is 5. The number of hydrogen-bond donors (Lipinski definition) is 0. The molecule has 6 heteroatoms. The van der Waals surface area contributed by atoms with Gasteiger partial charge in [-0.2, -0.15) is 0 Å². The fraction of sp³-hybridized carbons (Fsp3) is 0.500. The lowest BCUT2D eigenvalue weighted by Crippen LogP contribution is -2.31. The number of esters is 1. The number of methoxy groups -OCH3 is 1. The summed E-state index contributed by atoms with van der Waals surface area (Å²) in [6, 6.07) is 10.2. The first-order valence-electron chi connectivity index (χ1n) is 7.37. The summed E-state index contributed by atoms with van der Waals surface area (Å²) in [6.07, 6.45) is 0.0843. The van der Waals surface area contributed by atoms with Crippen LogP contribution in [0.1, 0.15) is 6.42 Å². The Balaban J connectivity index is 1.68. The normalized spacial score (nSPS) is 26.7. The molecule has 2 fully saturated rings. The molecular weight excluding hydrogens is 302 g/mol. The van der Waals surface area contributed by atoms with Crippen molar-refractivity contribution in [2.45, 2.75) is 17.4 Å². The first kappa shape index (κ1) is 15.2. The van der Waals surface area contributed by atoms with E-state index >= 15 is 0 Å². The Morgan fingerprint density at radius 3 is 2.91 bits per heavy atom. The highest BCUT2D eigenvalue weighted by Crippen LogP contribution is 2.39. The highest BCUT2D eigenvalue weighted by molar-refractivity contribution is 7.99. The predicted molar refractivity (Wildman–Crippen MR) is 82.6 cm³/mol. The van der Waals surface area contributed by atoms with Crippen LogP contribution in [0.3, 0.4) is 0 Å². The Morgan fingerprint density at radius 1 is 1.41 bits per heavy atom. The smallest absolute Gasteiger partial charge is 0.410 e. The Kier molecular flexibility index (Phi) is 4.57. The Labute approximate surface area is 134 Å². The van der Waals surface area contributed by atoms with E-state index in [-0.39, 0.29) is 29.9 Å². The molecule has 0 unspecified atom stereocenters. The fourth-order valence-corrected chi connectivity index (χ4v) is 4.32.